The molecule has 1 aliphatic rings. The lowest BCUT2D eigenvalue weighted by molar-refractivity contribution is -0.0241. The van der Waals surface area contributed by atoms with Crippen LogP contribution in [0.5, 0.6) is 5.75 Å². The number of hydrogen-bond donors (Lipinski definition) is 1. The molecule has 0 aromatic heterocycles. The highest BCUT2D eigenvalue weighted by Crippen LogP contribution is 2.49. The highest BCUT2D eigenvalue weighted by Gasteiger charge is 2.42. The highest BCUT2D eigenvalue weighted by molar-refractivity contribution is 5.41. The van der Waals surface area contributed by atoms with E-state index in [1.54, 1.807) is 7.11 Å². The van der Waals surface area contributed by atoms with E-state index in [2.05, 4.69) is 12.1 Å². The first-order valence-electron chi connectivity index (χ1n) is 7.66. The molecule has 1 N–H and O–H groups in total. The Morgan fingerprint density at radius 1 is 1.00 bits per heavy atom. The molecule has 0 saturated heterocycles. The minimum atomic E-state index is -0.841. The lowest BCUT2D eigenvalue weighted by Crippen LogP contribution is -2.36. The summed E-state index contributed by atoms with van der Waals surface area (Å²) in [6, 6.07) is 18.2. The van der Waals surface area contributed by atoms with Gasteiger partial charge in [-0.15, -0.1) is 0 Å². The molecule has 110 valence electrons. The highest BCUT2D eigenvalue weighted by atomic mass is 16.5. The first-order valence-corrected chi connectivity index (χ1v) is 7.66. The monoisotopic (exact) mass is 282 g/mol. The van der Waals surface area contributed by atoms with Crippen molar-refractivity contribution in [1.82, 2.24) is 0 Å². The van der Waals surface area contributed by atoms with Gasteiger partial charge in [-0.2, -0.15) is 0 Å². The molecule has 0 amide bonds. The van der Waals surface area contributed by atoms with E-state index in [1.165, 1.54) is 5.56 Å². The number of ether oxygens (including phenoxy) is 1. The van der Waals surface area contributed by atoms with Gasteiger partial charge in [-0.25, -0.2) is 0 Å². The van der Waals surface area contributed by atoms with E-state index >= 15 is 0 Å². The van der Waals surface area contributed by atoms with Crippen molar-refractivity contribution in [2.24, 2.45) is 0 Å². The summed E-state index contributed by atoms with van der Waals surface area (Å²) in [5, 5.41) is 11.5. The van der Waals surface area contributed by atoms with Crippen LogP contribution in [0.3, 0.4) is 0 Å². The molecule has 0 spiro atoms. The standard InChI is InChI=1S/C19H22O2/c1-21-18-13-6-5-12-17(18)19(20)14-8-7-11-16(19)15-9-3-2-4-10-15/h2-6,9-10,12-13,16,20H,7-8,11,14H2,1H3. The predicted octanol–water partition coefficient (Wildman–Crippen LogP) is 4.24. The van der Waals surface area contributed by atoms with Crippen molar-refractivity contribution in [3.63, 3.8) is 0 Å². The summed E-state index contributed by atoms with van der Waals surface area (Å²) >= 11 is 0. The van der Waals surface area contributed by atoms with Gasteiger partial charge < -0.3 is 9.84 Å². The summed E-state index contributed by atoms with van der Waals surface area (Å²) < 4.78 is 5.49. The fourth-order valence-corrected chi connectivity index (χ4v) is 3.61. The number of rotatable bonds is 3. The Labute approximate surface area is 126 Å². The number of benzene rings is 2. The summed E-state index contributed by atoms with van der Waals surface area (Å²) in [4.78, 5) is 0. The molecule has 0 radical (unpaired) electrons. The summed E-state index contributed by atoms with van der Waals surface area (Å²) in [6.45, 7) is 0. The average molecular weight is 282 g/mol. The normalized spacial score (nSPS) is 25.5. The van der Waals surface area contributed by atoms with Gasteiger partial charge in [-0.1, -0.05) is 61.4 Å². The molecule has 2 atom stereocenters. The smallest absolute Gasteiger partial charge is 0.124 e. The Morgan fingerprint density at radius 2 is 1.71 bits per heavy atom. The van der Waals surface area contributed by atoms with Crippen molar-refractivity contribution in [3.05, 3.63) is 65.7 Å². The van der Waals surface area contributed by atoms with Crippen LogP contribution in [-0.4, -0.2) is 12.2 Å². The average Bonchev–Trinajstić information content (AvgIpc) is 2.56. The zero-order valence-corrected chi connectivity index (χ0v) is 12.5. The first kappa shape index (κ1) is 14.2. The fraction of sp³-hybridized carbons (Fsp3) is 0.368. The van der Waals surface area contributed by atoms with Gasteiger partial charge in [0.15, 0.2) is 0 Å². The first-order chi connectivity index (χ1) is 10.3. The quantitative estimate of drug-likeness (QED) is 0.912. The van der Waals surface area contributed by atoms with Gasteiger partial charge in [0.05, 0.1) is 12.7 Å². The van der Waals surface area contributed by atoms with Gasteiger partial charge in [0.2, 0.25) is 0 Å². The van der Waals surface area contributed by atoms with Crippen LogP contribution in [0.4, 0.5) is 0 Å². The molecular formula is C19H22O2. The lowest BCUT2D eigenvalue weighted by Gasteiger charge is -2.41. The molecule has 0 heterocycles. The molecule has 2 unspecified atom stereocenters. The van der Waals surface area contributed by atoms with Crippen molar-refractivity contribution in [1.29, 1.82) is 0 Å². The van der Waals surface area contributed by atoms with E-state index in [4.69, 9.17) is 4.74 Å². The second-order valence-electron chi connectivity index (χ2n) is 5.83. The Morgan fingerprint density at radius 3 is 2.48 bits per heavy atom. The van der Waals surface area contributed by atoms with Crippen LogP contribution < -0.4 is 4.74 Å². The molecule has 2 nitrogen and oxygen atoms in total. The Bertz CT molecular complexity index is 594. The lowest BCUT2D eigenvalue weighted by atomic mass is 9.68. The van der Waals surface area contributed by atoms with Crippen LogP contribution in [0.2, 0.25) is 0 Å². The van der Waals surface area contributed by atoms with Crippen molar-refractivity contribution < 1.29 is 9.84 Å². The van der Waals surface area contributed by atoms with E-state index in [0.717, 1.165) is 37.0 Å². The summed E-state index contributed by atoms with van der Waals surface area (Å²) in [5.41, 5.74) is 1.29. The van der Waals surface area contributed by atoms with E-state index < -0.39 is 5.60 Å². The predicted molar refractivity (Wildman–Crippen MR) is 84.5 cm³/mol. The second kappa shape index (κ2) is 5.90. The number of methoxy groups -OCH3 is 1. The maximum atomic E-state index is 11.5. The molecule has 2 aromatic carbocycles. The largest absolute Gasteiger partial charge is 0.496 e. The van der Waals surface area contributed by atoms with Crippen LogP contribution in [0.15, 0.2) is 54.6 Å². The van der Waals surface area contributed by atoms with E-state index in [-0.39, 0.29) is 5.92 Å². The third kappa shape index (κ3) is 2.56. The van der Waals surface area contributed by atoms with Crippen LogP contribution in [0.1, 0.15) is 42.7 Å². The van der Waals surface area contributed by atoms with E-state index in [9.17, 15) is 5.11 Å². The Balaban J connectivity index is 2.07. The van der Waals surface area contributed by atoms with Crippen LogP contribution in [0, 0.1) is 0 Å². The van der Waals surface area contributed by atoms with E-state index in [0.29, 0.717) is 0 Å². The summed E-state index contributed by atoms with van der Waals surface area (Å²) in [5.74, 6) is 0.909. The number of para-hydroxylation sites is 1. The number of hydrogen-bond acceptors (Lipinski definition) is 2. The third-order valence-electron chi connectivity index (χ3n) is 4.65. The molecular weight excluding hydrogens is 260 g/mol. The summed E-state index contributed by atoms with van der Waals surface area (Å²) in [7, 11) is 1.67. The van der Waals surface area contributed by atoms with Gasteiger partial charge in [0, 0.05) is 11.5 Å². The van der Waals surface area contributed by atoms with Gasteiger partial charge in [-0.05, 0) is 24.5 Å². The van der Waals surface area contributed by atoms with Gasteiger partial charge in [-0.3, -0.25) is 0 Å². The van der Waals surface area contributed by atoms with E-state index in [1.807, 2.05) is 42.5 Å². The Kier molecular flexibility index (Phi) is 3.98. The molecule has 3 rings (SSSR count). The SMILES string of the molecule is COc1ccccc1C1(O)CCCCC1c1ccccc1. The van der Waals surface area contributed by atoms with Crippen LogP contribution >= 0.6 is 0 Å². The fourth-order valence-electron chi connectivity index (χ4n) is 3.61. The zero-order chi connectivity index (χ0) is 14.7. The van der Waals surface area contributed by atoms with Crippen molar-refractivity contribution in [2.45, 2.75) is 37.2 Å². The summed E-state index contributed by atoms with van der Waals surface area (Å²) in [6.07, 6.45) is 4.01. The van der Waals surface area contributed by atoms with Crippen molar-refractivity contribution >= 4 is 0 Å². The topological polar surface area (TPSA) is 29.5 Å². The molecule has 2 aromatic rings. The number of aliphatic hydroxyl groups is 1. The molecule has 21 heavy (non-hydrogen) atoms. The van der Waals surface area contributed by atoms with Crippen LogP contribution in [0.25, 0.3) is 0 Å². The second-order valence-corrected chi connectivity index (χ2v) is 5.83. The molecule has 2 heteroatoms. The van der Waals surface area contributed by atoms with Crippen molar-refractivity contribution in [3.8, 4) is 5.75 Å². The molecule has 0 aliphatic heterocycles. The maximum absolute atomic E-state index is 11.5. The van der Waals surface area contributed by atoms with Gasteiger partial charge in [0.25, 0.3) is 0 Å². The molecule has 1 aliphatic carbocycles. The van der Waals surface area contributed by atoms with Crippen molar-refractivity contribution in [2.75, 3.05) is 7.11 Å². The van der Waals surface area contributed by atoms with Crippen LogP contribution in [-0.2, 0) is 5.60 Å². The minimum absolute atomic E-state index is 0.128. The minimum Gasteiger partial charge on any atom is -0.496 e. The Hall–Kier alpha value is -1.80. The molecule has 1 saturated carbocycles. The van der Waals surface area contributed by atoms with Gasteiger partial charge in [0.1, 0.15) is 5.75 Å². The third-order valence-corrected chi connectivity index (χ3v) is 4.65. The zero-order valence-electron chi connectivity index (χ0n) is 12.5. The maximum Gasteiger partial charge on any atom is 0.124 e. The van der Waals surface area contributed by atoms with Gasteiger partial charge >= 0.3 is 0 Å². The molecule has 1 fully saturated rings. The molecule has 0 bridgehead atoms.